The minimum absolute atomic E-state index is 0.163. The Morgan fingerprint density at radius 3 is 2.46 bits per heavy atom. The maximum Gasteiger partial charge on any atom is 0.265 e. The van der Waals surface area contributed by atoms with Crippen molar-refractivity contribution in [2.75, 3.05) is 11.6 Å². The van der Waals surface area contributed by atoms with E-state index in [-0.39, 0.29) is 10.8 Å². The summed E-state index contributed by atoms with van der Waals surface area (Å²) in [5.74, 6) is 0.268. The van der Waals surface area contributed by atoms with Crippen molar-refractivity contribution in [1.82, 2.24) is 0 Å². The van der Waals surface area contributed by atoms with Crippen molar-refractivity contribution in [3.05, 3.63) is 53.6 Å². The van der Waals surface area contributed by atoms with Crippen LogP contribution >= 0.6 is 0 Å². The van der Waals surface area contributed by atoms with Crippen molar-refractivity contribution in [3.8, 4) is 5.75 Å². The zero-order valence-electron chi connectivity index (χ0n) is 14.2. The van der Waals surface area contributed by atoms with Crippen LogP contribution in [0.5, 0.6) is 5.75 Å². The molecule has 128 valence electrons. The normalized spacial score (nSPS) is 12.5. The highest BCUT2D eigenvalue weighted by molar-refractivity contribution is 7.90. The Bertz CT molecular complexity index is 859. The average molecular weight is 347 g/mol. The lowest BCUT2D eigenvalue weighted by Gasteiger charge is -2.16. The van der Waals surface area contributed by atoms with E-state index in [2.05, 4.69) is 5.32 Å². The van der Waals surface area contributed by atoms with Gasteiger partial charge in [0.2, 0.25) is 0 Å². The van der Waals surface area contributed by atoms with Crippen molar-refractivity contribution in [3.63, 3.8) is 0 Å². The van der Waals surface area contributed by atoms with Gasteiger partial charge in [-0.2, -0.15) is 0 Å². The van der Waals surface area contributed by atoms with Crippen molar-refractivity contribution in [1.29, 1.82) is 0 Å². The molecule has 0 fully saturated rings. The van der Waals surface area contributed by atoms with Crippen molar-refractivity contribution in [2.45, 2.75) is 31.8 Å². The van der Waals surface area contributed by atoms with E-state index >= 15 is 0 Å². The monoisotopic (exact) mass is 347 g/mol. The first-order valence-corrected chi connectivity index (χ1v) is 9.41. The minimum atomic E-state index is -3.33. The molecule has 2 aromatic rings. The van der Waals surface area contributed by atoms with Gasteiger partial charge in [0.1, 0.15) is 5.75 Å². The zero-order valence-corrected chi connectivity index (χ0v) is 15.0. The third-order valence-electron chi connectivity index (χ3n) is 3.57. The first-order chi connectivity index (χ1) is 11.2. The van der Waals surface area contributed by atoms with Gasteiger partial charge in [0.25, 0.3) is 5.91 Å². The number of hydrogen-bond donors (Lipinski definition) is 1. The summed E-state index contributed by atoms with van der Waals surface area (Å²) in [5, 5.41) is 2.73. The predicted octanol–water partition coefficient (Wildman–Crippen LogP) is 3.11. The van der Waals surface area contributed by atoms with E-state index in [0.717, 1.165) is 17.4 Å². The van der Waals surface area contributed by atoms with Gasteiger partial charge in [0.05, 0.1) is 4.90 Å². The van der Waals surface area contributed by atoms with Crippen LogP contribution in [-0.4, -0.2) is 26.7 Å². The Balaban J connectivity index is 2.14. The summed E-state index contributed by atoms with van der Waals surface area (Å²) in [7, 11) is -3.33. The number of carbonyl (C=O) groups is 1. The van der Waals surface area contributed by atoms with Gasteiger partial charge < -0.3 is 10.1 Å². The molecule has 2 rings (SSSR count). The molecule has 0 saturated carbocycles. The lowest BCUT2D eigenvalue weighted by molar-refractivity contribution is -0.122. The molecule has 0 unspecified atom stereocenters. The smallest absolute Gasteiger partial charge is 0.265 e. The van der Waals surface area contributed by atoms with Crippen LogP contribution in [0.1, 0.15) is 18.1 Å². The second kappa shape index (κ2) is 7.05. The molecule has 6 heteroatoms. The molecular formula is C18H21NO4S. The number of amides is 1. The minimum Gasteiger partial charge on any atom is -0.481 e. The van der Waals surface area contributed by atoms with Gasteiger partial charge >= 0.3 is 0 Å². The molecule has 24 heavy (non-hydrogen) atoms. The van der Waals surface area contributed by atoms with Gasteiger partial charge in [-0.3, -0.25) is 4.79 Å². The van der Waals surface area contributed by atoms with Gasteiger partial charge in [0.15, 0.2) is 15.9 Å². The molecule has 0 radical (unpaired) electrons. The molecule has 0 aliphatic rings. The van der Waals surface area contributed by atoms with Gasteiger partial charge in [-0.25, -0.2) is 8.42 Å². The lowest BCUT2D eigenvalue weighted by Crippen LogP contribution is -2.30. The van der Waals surface area contributed by atoms with E-state index < -0.39 is 15.9 Å². The van der Waals surface area contributed by atoms with Gasteiger partial charge in [-0.15, -0.1) is 0 Å². The van der Waals surface area contributed by atoms with E-state index in [1.807, 2.05) is 25.1 Å². The fourth-order valence-electron chi connectivity index (χ4n) is 2.15. The molecule has 0 heterocycles. The summed E-state index contributed by atoms with van der Waals surface area (Å²) in [6.45, 7) is 5.39. The Hall–Kier alpha value is -2.34. The van der Waals surface area contributed by atoms with Crippen molar-refractivity contribution >= 4 is 21.4 Å². The van der Waals surface area contributed by atoms with E-state index in [1.54, 1.807) is 26.0 Å². The first-order valence-electron chi connectivity index (χ1n) is 7.52. The molecule has 0 aliphatic carbocycles. The Morgan fingerprint density at radius 2 is 1.83 bits per heavy atom. The number of anilines is 1. The number of aryl methyl sites for hydroxylation is 2. The molecule has 5 nitrogen and oxygen atoms in total. The van der Waals surface area contributed by atoms with E-state index in [4.69, 9.17) is 4.74 Å². The largest absolute Gasteiger partial charge is 0.481 e. The quantitative estimate of drug-likeness (QED) is 0.902. The van der Waals surface area contributed by atoms with Crippen LogP contribution in [0.4, 0.5) is 5.69 Å². The molecule has 0 bridgehead atoms. The maximum atomic E-state index is 12.3. The summed E-state index contributed by atoms with van der Waals surface area (Å²) in [4.78, 5) is 12.5. The molecule has 0 spiro atoms. The molecule has 2 aromatic carbocycles. The summed E-state index contributed by atoms with van der Waals surface area (Å²) < 4.78 is 28.9. The Kier molecular flexibility index (Phi) is 5.29. The topological polar surface area (TPSA) is 72.5 Å². The van der Waals surface area contributed by atoms with Gasteiger partial charge in [0, 0.05) is 11.9 Å². The number of ether oxygens (including phenoxy) is 1. The molecule has 1 atom stereocenters. The van der Waals surface area contributed by atoms with E-state index in [9.17, 15) is 13.2 Å². The van der Waals surface area contributed by atoms with Crippen LogP contribution in [-0.2, 0) is 14.6 Å². The zero-order chi connectivity index (χ0) is 17.9. The van der Waals surface area contributed by atoms with Gasteiger partial charge in [-0.1, -0.05) is 18.2 Å². The molecule has 1 N–H and O–H groups in total. The highest BCUT2D eigenvalue weighted by atomic mass is 32.2. The standard InChI is InChI=1S/C18H21NO4S/c1-12-6-5-7-15(10-12)23-14(3)18(20)19-17-11-16(24(4,21)22)9-8-13(17)2/h5-11,14H,1-4H3,(H,19,20)/t14-/m0/s1. The SMILES string of the molecule is Cc1cccc(O[C@@H](C)C(=O)Nc2cc(S(C)(=O)=O)ccc2C)c1. The van der Waals surface area contributed by atoms with Crippen LogP contribution in [0.25, 0.3) is 0 Å². The number of carbonyl (C=O) groups excluding carboxylic acids is 1. The molecule has 0 aliphatic heterocycles. The third kappa shape index (κ3) is 4.58. The molecule has 1 amide bonds. The van der Waals surface area contributed by atoms with Crippen molar-refractivity contribution < 1.29 is 17.9 Å². The predicted molar refractivity (Wildman–Crippen MR) is 94.2 cm³/mol. The van der Waals surface area contributed by atoms with E-state index in [0.29, 0.717) is 11.4 Å². The van der Waals surface area contributed by atoms with Crippen LogP contribution in [0.15, 0.2) is 47.4 Å². The van der Waals surface area contributed by atoms with Gasteiger partial charge in [-0.05, 0) is 56.2 Å². The van der Waals surface area contributed by atoms with Crippen LogP contribution in [0.3, 0.4) is 0 Å². The second-order valence-corrected chi connectivity index (χ2v) is 7.83. The highest BCUT2D eigenvalue weighted by Crippen LogP contribution is 2.21. The number of hydrogen-bond acceptors (Lipinski definition) is 4. The summed E-state index contributed by atoms with van der Waals surface area (Å²) in [5.41, 5.74) is 2.28. The summed E-state index contributed by atoms with van der Waals surface area (Å²) in [6.07, 6.45) is 0.417. The highest BCUT2D eigenvalue weighted by Gasteiger charge is 2.17. The summed E-state index contributed by atoms with van der Waals surface area (Å²) in [6, 6.07) is 12.1. The number of nitrogens with one attached hydrogen (secondary N) is 1. The number of benzene rings is 2. The summed E-state index contributed by atoms with van der Waals surface area (Å²) >= 11 is 0. The van der Waals surface area contributed by atoms with Crippen LogP contribution in [0.2, 0.25) is 0 Å². The average Bonchev–Trinajstić information content (AvgIpc) is 2.48. The van der Waals surface area contributed by atoms with E-state index in [1.165, 1.54) is 12.1 Å². The second-order valence-electron chi connectivity index (χ2n) is 5.81. The lowest BCUT2D eigenvalue weighted by atomic mass is 10.2. The van der Waals surface area contributed by atoms with Crippen molar-refractivity contribution in [2.24, 2.45) is 0 Å². The molecular weight excluding hydrogens is 326 g/mol. The number of rotatable bonds is 5. The van der Waals surface area contributed by atoms with Crippen LogP contribution < -0.4 is 10.1 Å². The number of sulfone groups is 1. The fraction of sp³-hybridized carbons (Fsp3) is 0.278. The third-order valence-corrected chi connectivity index (χ3v) is 4.68. The molecule has 0 saturated heterocycles. The van der Waals surface area contributed by atoms with Crippen LogP contribution in [0, 0.1) is 13.8 Å². The molecule has 0 aromatic heterocycles. The fourth-order valence-corrected chi connectivity index (χ4v) is 2.79. The Morgan fingerprint density at radius 1 is 1.12 bits per heavy atom. The Labute approximate surface area is 142 Å². The maximum absolute atomic E-state index is 12.3. The first kappa shape index (κ1) is 18.0.